The molecule has 7 nitrogen and oxygen atoms in total. The lowest BCUT2D eigenvalue weighted by molar-refractivity contribution is -0.116. The van der Waals surface area contributed by atoms with Crippen LogP contribution in [0.1, 0.15) is 40.7 Å². The minimum Gasteiger partial charge on any atom is -0.478 e. The number of hydrogen-bond acceptors (Lipinski definition) is 4. The zero-order chi connectivity index (χ0) is 23.4. The Balaban J connectivity index is 1.32. The molecule has 0 saturated heterocycles. The number of hydrogen-bond donors (Lipinski definition) is 3. The van der Waals surface area contributed by atoms with Crippen LogP contribution in [-0.2, 0) is 9.53 Å². The van der Waals surface area contributed by atoms with Gasteiger partial charge in [-0.05, 0) is 41.3 Å². The van der Waals surface area contributed by atoms with E-state index in [4.69, 9.17) is 4.74 Å². The molecule has 4 rings (SSSR count). The van der Waals surface area contributed by atoms with Crippen LogP contribution in [0.25, 0.3) is 11.1 Å². The quantitative estimate of drug-likeness (QED) is 0.492. The molecule has 0 aromatic heterocycles. The van der Waals surface area contributed by atoms with Gasteiger partial charge in [-0.1, -0.05) is 60.7 Å². The summed E-state index contributed by atoms with van der Waals surface area (Å²) in [4.78, 5) is 36.0. The smallest absolute Gasteiger partial charge is 0.407 e. The van der Waals surface area contributed by atoms with Gasteiger partial charge in [0.05, 0.1) is 11.3 Å². The van der Waals surface area contributed by atoms with Crippen molar-refractivity contribution in [2.24, 2.45) is 0 Å². The number of ether oxygens (including phenoxy) is 1. The molecule has 0 radical (unpaired) electrons. The lowest BCUT2D eigenvalue weighted by Crippen LogP contribution is -2.36. The standard InChI is InChI=1S/C26H24N2O5/c1-16(14-24(29)28-23-13-7-6-12-21(23)25(30)31)27-26(32)33-15-22-19-10-4-2-8-17(19)18-9-3-5-11-20(18)22/h2-13,16,22H,14-15H2,1H3,(H,27,32)(H,28,29)(H,30,31)/t16-/m1/s1. The van der Waals surface area contributed by atoms with Gasteiger partial charge in [0.25, 0.3) is 0 Å². The molecule has 0 aliphatic heterocycles. The topological polar surface area (TPSA) is 105 Å². The number of alkyl carbamates (subject to hydrolysis) is 1. The molecule has 0 saturated carbocycles. The Labute approximate surface area is 191 Å². The van der Waals surface area contributed by atoms with Crippen molar-refractivity contribution < 1.29 is 24.2 Å². The number of nitrogens with one attached hydrogen (secondary N) is 2. The van der Waals surface area contributed by atoms with Gasteiger partial charge in [0.1, 0.15) is 6.61 Å². The molecule has 2 amide bonds. The van der Waals surface area contributed by atoms with Gasteiger partial charge < -0.3 is 20.5 Å². The highest BCUT2D eigenvalue weighted by atomic mass is 16.5. The first-order chi connectivity index (χ1) is 15.9. The van der Waals surface area contributed by atoms with E-state index in [0.717, 1.165) is 22.3 Å². The van der Waals surface area contributed by atoms with Crippen LogP contribution in [0.15, 0.2) is 72.8 Å². The number of carboxylic acids is 1. The van der Waals surface area contributed by atoms with Gasteiger partial charge in [0, 0.05) is 18.4 Å². The van der Waals surface area contributed by atoms with Gasteiger partial charge in [-0.3, -0.25) is 4.79 Å². The fourth-order valence-corrected chi connectivity index (χ4v) is 4.15. The average Bonchev–Trinajstić information content (AvgIpc) is 3.11. The van der Waals surface area contributed by atoms with Crippen molar-refractivity contribution >= 4 is 23.7 Å². The second-order valence-electron chi connectivity index (χ2n) is 7.97. The van der Waals surface area contributed by atoms with E-state index in [2.05, 4.69) is 22.8 Å². The summed E-state index contributed by atoms with van der Waals surface area (Å²) < 4.78 is 5.50. The monoisotopic (exact) mass is 444 g/mol. The highest BCUT2D eigenvalue weighted by Gasteiger charge is 2.29. The molecule has 1 aliphatic carbocycles. The van der Waals surface area contributed by atoms with Gasteiger partial charge in [0.2, 0.25) is 5.91 Å². The Kier molecular flexibility index (Phi) is 6.40. The zero-order valence-corrected chi connectivity index (χ0v) is 18.1. The summed E-state index contributed by atoms with van der Waals surface area (Å²) in [7, 11) is 0. The molecule has 0 heterocycles. The van der Waals surface area contributed by atoms with Gasteiger partial charge in [-0.25, -0.2) is 9.59 Å². The molecule has 3 aromatic carbocycles. The molecule has 33 heavy (non-hydrogen) atoms. The van der Waals surface area contributed by atoms with Crippen LogP contribution in [-0.4, -0.2) is 35.7 Å². The van der Waals surface area contributed by atoms with Crippen molar-refractivity contribution in [2.75, 3.05) is 11.9 Å². The Hall–Kier alpha value is -4.13. The highest BCUT2D eigenvalue weighted by Crippen LogP contribution is 2.44. The largest absolute Gasteiger partial charge is 0.478 e. The van der Waals surface area contributed by atoms with Crippen molar-refractivity contribution in [1.82, 2.24) is 5.32 Å². The van der Waals surface area contributed by atoms with Crippen molar-refractivity contribution in [1.29, 1.82) is 0 Å². The van der Waals surface area contributed by atoms with Crippen LogP contribution in [0.4, 0.5) is 10.5 Å². The number of carbonyl (C=O) groups excluding carboxylic acids is 2. The molecule has 168 valence electrons. The van der Waals surface area contributed by atoms with E-state index in [1.54, 1.807) is 19.1 Å². The van der Waals surface area contributed by atoms with Crippen molar-refractivity contribution in [3.05, 3.63) is 89.5 Å². The Morgan fingerprint density at radius 3 is 2.12 bits per heavy atom. The summed E-state index contributed by atoms with van der Waals surface area (Å²) in [6, 6.07) is 21.8. The Bertz CT molecular complexity index is 1160. The van der Waals surface area contributed by atoms with Crippen LogP contribution in [0.2, 0.25) is 0 Å². The molecule has 3 aromatic rings. The van der Waals surface area contributed by atoms with Gasteiger partial charge in [-0.15, -0.1) is 0 Å². The minimum absolute atomic E-state index is 0.00278. The third kappa shape index (κ3) is 4.87. The second kappa shape index (κ2) is 9.56. The van der Waals surface area contributed by atoms with E-state index in [0.29, 0.717) is 0 Å². The van der Waals surface area contributed by atoms with Crippen LogP contribution < -0.4 is 10.6 Å². The number of anilines is 1. The minimum atomic E-state index is -1.13. The normalized spacial score (nSPS) is 12.9. The third-order valence-electron chi connectivity index (χ3n) is 5.63. The molecule has 0 spiro atoms. The van der Waals surface area contributed by atoms with Crippen LogP contribution >= 0.6 is 0 Å². The van der Waals surface area contributed by atoms with E-state index >= 15 is 0 Å². The fourth-order valence-electron chi connectivity index (χ4n) is 4.15. The van der Waals surface area contributed by atoms with Crippen molar-refractivity contribution in [2.45, 2.75) is 25.3 Å². The van der Waals surface area contributed by atoms with Crippen LogP contribution in [0.5, 0.6) is 0 Å². The fraction of sp³-hybridized carbons (Fsp3) is 0.192. The van der Waals surface area contributed by atoms with Gasteiger partial charge in [0.15, 0.2) is 0 Å². The van der Waals surface area contributed by atoms with E-state index in [-0.39, 0.29) is 30.2 Å². The molecular weight excluding hydrogens is 420 g/mol. The molecular formula is C26H24N2O5. The number of carboxylic acid groups (broad SMARTS) is 1. The third-order valence-corrected chi connectivity index (χ3v) is 5.63. The molecule has 7 heteroatoms. The van der Waals surface area contributed by atoms with Gasteiger partial charge in [-0.2, -0.15) is 0 Å². The summed E-state index contributed by atoms with van der Waals surface area (Å²) in [5.74, 6) is -1.58. The molecule has 0 bridgehead atoms. The summed E-state index contributed by atoms with van der Waals surface area (Å²) in [6.45, 7) is 1.87. The predicted molar refractivity (Wildman–Crippen MR) is 124 cm³/mol. The number of para-hydroxylation sites is 1. The lowest BCUT2D eigenvalue weighted by Gasteiger charge is -2.17. The van der Waals surface area contributed by atoms with E-state index < -0.39 is 24.0 Å². The van der Waals surface area contributed by atoms with Gasteiger partial charge >= 0.3 is 12.1 Å². The van der Waals surface area contributed by atoms with Crippen molar-refractivity contribution in [3.8, 4) is 11.1 Å². The zero-order valence-electron chi connectivity index (χ0n) is 18.1. The second-order valence-corrected chi connectivity index (χ2v) is 7.97. The summed E-state index contributed by atoms with van der Waals surface area (Å²) >= 11 is 0. The number of benzene rings is 3. The van der Waals surface area contributed by atoms with Crippen LogP contribution in [0.3, 0.4) is 0 Å². The molecule has 1 atom stereocenters. The molecule has 0 fully saturated rings. The Morgan fingerprint density at radius 2 is 1.48 bits per heavy atom. The summed E-state index contributed by atoms with van der Waals surface area (Å²) in [5, 5.41) is 14.5. The number of amides is 2. The Morgan fingerprint density at radius 1 is 0.909 bits per heavy atom. The number of aromatic carboxylic acids is 1. The average molecular weight is 444 g/mol. The first-order valence-corrected chi connectivity index (χ1v) is 10.7. The molecule has 0 unspecified atom stereocenters. The maximum absolute atomic E-state index is 12.4. The van der Waals surface area contributed by atoms with E-state index in [1.807, 2.05) is 36.4 Å². The van der Waals surface area contributed by atoms with Crippen LogP contribution in [0, 0.1) is 0 Å². The van der Waals surface area contributed by atoms with E-state index in [1.165, 1.54) is 12.1 Å². The first-order valence-electron chi connectivity index (χ1n) is 10.7. The van der Waals surface area contributed by atoms with Crippen molar-refractivity contribution in [3.63, 3.8) is 0 Å². The molecule has 3 N–H and O–H groups in total. The number of carbonyl (C=O) groups is 3. The number of fused-ring (bicyclic) bond motifs is 3. The first kappa shape index (κ1) is 22.1. The lowest BCUT2D eigenvalue weighted by atomic mass is 9.98. The maximum Gasteiger partial charge on any atom is 0.407 e. The maximum atomic E-state index is 12.4. The predicted octanol–water partition coefficient (Wildman–Crippen LogP) is 4.64. The SMILES string of the molecule is C[C@H](CC(=O)Nc1ccccc1C(=O)O)NC(=O)OCC1c2ccccc2-c2ccccc21. The highest BCUT2D eigenvalue weighted by molar-refractivity contribution is 6.00. The summed E-state index contributed by atoms with van der Waals surface area (Å²) in [6.07, 6.45) is -0.638. The number of rotatable bonds is 7. The summed E-state index contributed by atoms with van der Waals surface area (Å²) in [5.41, 5.74) is 4.75. The molecule has 1 aliphatic rings. The van der Waals surface area contributed by atoms with E-state index in [9.17, 15) is 19.5 Å².